The summed E-state index contributed by atoms with van der Waals surface area (Å²) in [6, 6.07) is 10.3. The molecule has 1 unspecified atom stereocenters. The number of hydrogen-bond donors (Lipinski definition) is 1. The van der Waals surface area contributed by atoms with Gasteiger partial charge in [0.15, 0.2) is 0 Å². The first-order valence-corrected chi connectivity index (χ1v) is 13.2. The summed E-state index contributed by atoms with van der Waals surface area (Å²) in [6.45, 7) is 10.2. The number of alkyl carbamates (subject to hydrolysis) is 1. The van der Waals surface area contributed by atoms with Crippen molar-refractivity contribution in [2.24, 2.45) is 11.3 Å². The number of ether oxygens (including phenoxy) is 3. The smallest absolute Gasteiger partial charge is 0.407 e. The van der Waals surface area contributed by atoms with E-state index < -0.39 is 0 Å². The molecule has 194 valence electrons. The van der Waals surface area contributed by atoms with E-state index in [1.54, 1.807) is 12.1 Å². The largest absolute Gasteiger partial charge is 0.493 e. The van der Waals surface area contributed by atoms with Crippen molar-refractivity contribution in [1.82, 2.24) is 10.2 Å². The Kier molecular flexibility index (Phi) is 7.11. The molecule has 2 bridgehead atoms. The van der Waals surface area contributed by atoms with Crippen molar-refractivity contribution >= 4 is 6.09 Å². The molecular weight excluding hydrogens is 459 g/mol. The van der Waals surface area contributed by atoms with Gasteiger partial charge < -0.3 is 19.5 Å². The number of carbonyl (C=O) groups excluding carboxylic acids is 1. The van der Waals surface area contributed by atoms with Crippen LogP contribution in [0.15, 0.2) is 36.4 Å². The zero-order valence-corrected chi connectivity index (χ0v) is 21.5. The normalized spacial score (nSPS) is 26.0. The van der Waals surface area contributed by atoms with Crippen molar-refractivity contribution in [3.8, 4) is 22.6 Å². The molecule has 4 aliphatic rings. The molecule has 4 aliphatic heterocycles. The lowest BCUT2D eigenvalue weighted by atomic mass is 9.78. The Balaban J connectivity index is 1.37. The maximum absolute atomic E-state index is 14.9. The third kappa shape index (κ3) is 5.03. The Labute approximate surface area is 213 Å². The highest BCUT2D eigenvalue weighted by Gasteiger charge is 2.41. The highest BCUT2D eigenvalue weighted by Crippen LogP contribution is 2.45. The van der Waals surface area contributed by atoms with Crippen LogP contribution in [-0.4, -0.2) is 49.9 Å². The van der Waals surface area contributed by atoms with Gasteiger partial charge in [-0.05, 0) is 62.0 Å². The number of benzene rings is 2. The number of halogens is 1. The van der Waals surface area contributed by atoms with E-state index in [4.69, 9.17) is 14.2 Å². The first-order chi connectivity index (χ1) is 17.4. The minimum absolute atomic E-state index is 0.0514. The molecule has 36 heavy (non-hydrogen) atoms. The average molecular weight is 497 g/mol. The Hall–Kier alpha value is -2.80. The number of rotatable bonds is 7. The van der Waals surface area contributed by atoms with Crippen molar-refractivity contribution in [2.45, 2.75) is 58.6 Å². The van der Waals surface area contributed by atoms with Gasteiger partial charge in [0.25, 0.3) is 0 Å². The van der Waals surface area contributed by atoms with Gasteiger partial charge in [-0.2, -0.15) is 0 Å². The summed E-state index contributed by atoms with van der Waals surface area (Å²) in [6.07, 6.45) is 3.65. The second-order valence-corrected chi connectivity index (χ2v) is 11.0. The van der Waals surface area contributed by atoms with E-state index in [-0.39, 0.29) is 29.5 Å². The average Bonchev–Trinajstić information content (AvgIpc) is 2.87. The van der Waals surface area contributed by atoms with Crippen LogP contribution in [0.25, 0.3) is 11.1 Å². The van der Waals surface area contributed by atoms with Crippen molar-refractivity contribution in [3.63, 3.8) is 0 Å². The fourth-order valence-corrected chi connectivity index (χ4v) is 5.66. The molecule has 0 saturated carbocycles. The summed E-state index contributed by atoms with van der Waals surface area (Å²) >= 11 is 0. The summed E-state index contributed by atoms with van der Waals surface area (Å²) in [5.41, 5.74) is 1.64. The van der Waals surface area contributed by atoms with Gasteiger partial charge in [-0.1, -0.05) is 45.4 Å². The molecule has 3 fully saturated rings. The fraction of sp³-hybridized carbons (Fsp3) is 0.552. The number of nitrogens with zero attached hydrogens (tertiary/aromatic N) is 1. The van der Waals surface area contributed by atoms with Crippen LogP contribution >= 0.6 is 0 Å². The molecule has 0 aromatic heterocycles. The summed E-state index contributed by atoms with van der Waals surface area (Å²) in [4.78, 5) is 15.4. The molecule has 7 heteroatoms. The van der Waals surface area contributed by atoms with Crippen molar-refractivity contribution in [1.29, 1.82) is 0 Å². The van der Waals surface area contributed by atoms with E-state index in [9.17, 15) is 9.18 Å². The Morgan fingerprint density at radius 1 is 1.22 bits per heavy atom. The number of unbranched alkanes of at least 4 members (excludes halogenated alkanes) is 1. The van der Waals surface area contributed by atoms with Gasteiger partial charge in [0.05, 0.1) is 24.8 Å². The Morgan fingerprint density at radius 2 is 2.03 bits per heavy atom. The Bertz CT molecular complexity index is 1100. The van der Waals surface area contributed by atoms with Gasteiger partial charge >= 0.3 is 6.09 Å². The van der Waals surface area contributed by atoms with E-state index in [1.165, 1.54) is 6.07 Å². The third-order valence-electron chi connectivity index (χ3n) is 7.84. The lowest BCUT2D eigenvalue weighted by molar-refractivity contribution is -0.0361. The van der Waals surface area contributed by atoms with E-state index in [1.807, 2.05) is 18.2 Å². The van der Waals surface area contributed by atoms with E-state index >= 15 is 0 Å². The summed E-state index contributed by atoms with van der Waals surface area (Å²) in [5.74, 6) is 1.28. The van der Waals surface area contributed by atoms with Crippen molar-refractivity contribution in [2.75, 3.05) is 32.8 Å². The lowest BCUT2D eigenvalue weighted by Gasteiger charge is -2.44. The number of nitrogens with one attached hydrogen (secondary N) is 1. The molecule has 6 nitrogen and oxygen atoms in total. The summed E-state index contributed by atoms with van der Waals surface area (Å²) < 4.78 is 32.9. The van der Waals surface area contributed by atoms with Crippen molar-refractivity contribution < 1.29 is 23.4 Å². The molecule has 6 rings (SSSR count). The van der Waals surface area contributed by atoms with Crippen LogP contribution in [0.4, 0.5) is 9.18 Å². The summed E-state index contributed by atoms with van der Waals surface area (Å²) in [5, 5.41) is 3.13. The zero-order chi connectivity index (χ0) is 25.3. The molecule has 1 amide bonds. The molecule has 4 heterocycles. The molecular formula is C29H37FN2O4. The van der Waals surface area contributed by atoms with Gasteiger partial charge in [-0.25, -0.2) is 9.18 Å². The molecule has 0 aliphatic carbocycles. The number of piperidine rings is 3. The first kappa shape index (κ1) is 24.9. The third-order valence-corrected chi connectivity index (χ3v) is 7.84. The Morgan fingerprint density at radius 3 is 2.75 bits per heavy atom. The number of fused-ring (bicyclic) bond motifs is 4. The van der Waals surface area contributed by atoms with Crippen LogP contribution < -0.4 is 14.8 Å². The second kappa shape index (κ2) is 10.3. The maximum Gasteiger partial charge on any atom is 0.407 e. The van der Waals surface area contributed by atoms with Crippen LogP contribution in [-0.2, 0) is 4.74 Å². The second-order valence-electron chi connectivity index (χ2n) is 11.0. The molecule has 0 radical (unpaired) electrons. The quantitative estimate of drug-likeness (QED) is 0.480. The monoisotopic (exact) mass is 496 g/mol. The maximum atomic E-state index is 14.9. The minimum Gasteiger partial charge on any atom is -0.493 e. The van der Waals surface area contributed by atoms with Gasteiger partial charge in [0.2, 0.25) is 0 Å². The fourth-order valence-electron chi connectivity index (χ4n) is 5.66. The number of amides is 1. The van der Waals surface area contributed by atoms with E-state index in [2.05, 4.69) is 31.0 Å². The predicted molar refractivity (Wildman–Crippen MR) is 137 cm³/mol. The topological polar surface area (TPSA) is 60.0 Å². The predicted octanol–water partition coefficient (Wildman–Crippen LogP) is 5.95. The molecule has 1 N–H and O–H groups in total. The van der Waals surface area contributed by atoms with Crippen LogP contribution in [0, 0.1) is 17.2 Å². The van der Waals surface area contributed by atoms with E-state index in [0.717, 1.165) is 50.9 Å². The standard InChI is InChI=1S/C29H37FN2O4/c1-4-5-15-34-23-8-6-7-22(30)26(23)20-9-10-21-24(16-20)35-18-29(2,3)27(21)31-28(33)36-25-17-32-13-11-19(25)12-14-32/h6-10,16,19,25,27H,4-5,11-15,17-18H2,1-3H3,(H,31,33)/t25-,27?/m0/s1. The minimum atomic E-state index is -0.385. The highest BCUT2D eigenvalue weighted by molar-refractivity contribution is 5.74. The first-order valence-electron chi connectivity index (χ1n) is 13.2. The molecule has 2 aromatic rings. The number of carbonyl (C=O) groups is 1. The highest BCUT2D eigenvalue weighted by atomic mass is 19.1. The van der Waals surface area contributed by atoms with Crippen LogP contribution in [0.2, 0.25) is 0 Å². The van der Waals surface area contributed by atoms with Crippen LogP contribution in [0.1, 0.15) is 58.1 Å². The zero-order valence-electron chi connectivity index (χ0n) is 21.5. The molecule has 3 saturated heterocycles. The van der Waals surface area contributed by atoms with Gasteiger partial charge in [-0.15, -0.1) is 0 Å². The lowest BCUT2D eigenvalue weighted by Crippen LogP contribution is -2.53. The number of hydrogen-bond acceptors (Lipinski definition) is 5. The van der Waals surface area contributed by atoms with Crippen LogP contribution in [0.5, 0.6) is 11.5 Å². The molecule has 0 spiro atoms. The van der Waals surface area contributed by atoms with Crippen LogP contribution in [0.3, 0.4) is 0 Å². The van der Waals surface area contributed by atoms with Gasteiger partial charge in [0.1, 0.15) is 23.4 Å². The molecule has 2 aromatic carbocycles. The van der Waals surface area contributed by atoms with E-state index in [0.29, 0.717) is 41.8 Å². The summed E-state index contributed by atoms with van der Waals surface area (Å²) in [7, 11) is 0. The van der Waals surface area contributed by atoms with Crippen molar-refractivity contribution in [3.05, 3.63) is 47.8 Å². The van der Waals surface area contributed by atoms with Gasteiger partial charge in [-0.3, -0.25) is 4.90 Å². The molecule has 2 atom stereocenters. The van der Waals surface area contributed by atoms with Gasteiger partial charge in [0, 0.05) is 17.5 Å². The SMILES string of the molecule is CCCCOc1cccc(F)c1-c1ccc2c(c1)OCC(C)(C)C2NC(=O)O[C@H]1CN2CCC1CC2.